The maximum atomic E-state index is 13.1. The van der Waals surface area contributed by atoms with Crippen LogP contribution in [0.15, 0.2) is 35.1 Å². The normalized spacial score (nSPS) is 17.1. The van der Waals surface area contributed by atoms with Gasteiger partial charge >= 0.3 is 0 Å². The van der Waals surface area contributed by atoms with E-state index in [1.165, 1.54) is 0 Å². The van der Waals surface area contributed by atoms with Crippen molar-refractivity contribution in [2.45, 2.75) is 45.6 Å². The first kappa shape index (κ1) is 20.4. The van der Waals surface area contributed by atoms with Gasteiger partial charge in [0.05, 0.1) is 11.3 Å². The number of fused-ring (bicyclic) bond motifs is 1. The number of para-hydroxylation sites is 1. The summed E-state index contributed by atoms with van der Waals surface area (Å²) in [6.45, 7) is 9.11. The first-order valence-electron chi connectivity index (χ1n) is 10.6. The molecule has 7 nitrogen and oxygen atoms in total. The van der Waals surface area contributed by atoms with E-state index in [1.54, 1.807) is 16.8 Å². The summed E-state index contributed by atoms with van der Waals surface area (Å²) < 4.78 is 12.9. The van der Waals surface area contributed by atoms with Crippen molar-refractivity contribution in [2.24, 2.45) is 5.92 Å². The topological polar surface area (TPSA) is 73.7 Å². The number of ether oxygens (including phenoxy) is 2. The number of piperidine rings is 1. The Hall–Kier alpha value is -2.83. The standard InChI is InChI=1S/C23H29N3O4/c1-23(2,3)19-7-8-20(27)26(24-19)15-16-9-11-25(12-10-16)22(28)17-5-4-6-18-21(17)30-14-13-29-18/h4-8,16H,9-15H2,1-3H3. The number of likely N-dealkylation sites (tertiary alicyclic amines) is 1. The number of carbonyl (C=O) groups excluding carboxylic acids is 1. The van der Waals surface area contributed by atoms with Gasteiger partial charge in [-0.1, -0.05) is 26.8 Å². The maximum absolute atomic E-state index is 13.1. The molecule has 4 rings (SSSR count). The highest BCUT2D eigenvalue weighted by molar-refractivity contribution is 5.98. The summed E-state index contributed by atoms with van der Waals surface area (Å²) in [6.07, 6.45) is 1.68. The highest BCUT2D eigenvalue weighted by atomic mass is 16.6. The van der Waals surface area contributed by atoms with Gasteiger partial charge in [-0.2, -0.15) is 5.10 Å². The monoisotopic (exact) mass is 411 g/mol. The van der Waals surface area contributed by atoms with Crippen LogP contribution in [0.5, 0.6) is 11.5 Å². The summed E-state index contributed by atoms with van der Waals surface area (Å²) in [4.78, 5) is 27.2. The Morgan fingerprint density at radius 2 is 1.83 bits per heavy atom. The number of hydrogen-bond donors (Lipinski definition) is 0. The van der Waals surface area contributed by atoms with E-state index in [9.17, 15) is 9.59 Å². The van der Waals surface area contributed by atoms with Crippen molar-refractivity contribution in [1.82, 2.24) is 14.7 Å². The zero-order valence-corrected chi connectivity index (χ0v) is 17.9. The second-order valence-corrected chi connectivity index (χ2v) is 9.05. The molecule has 0 spiro atoms. The molecule has 1 saturated heterocycles. The Bertz CT molecular complexity index is 985. The molecule has 1 amide bonds. The number of nitrogens with zero attached hydrogens (tertiary/aromatic N) is 3. The second-order valence-electron chi connectivity index (χ2n) is 9.05. The van der Waals surface area contributed by atoms with Gasteiger partial charge in [0, 0.05) is 31.1 Å². The van der Waals surface area contributed by atoms with Gasteiger partial charge < -0.3 is 14.4 Å². The van der Waals surface area contributed by atoms with Crippen LogP contribution in [0.2, 0.25) is 0 Å². The number of benzene rings is 1. The lowest BCUT2D eigenvalue weighted by Gasteiger charge is -2.33. The molecule has 3 heterocycles. The average molecular weight is 412 g/mol. The highest BCUT2D eigenvalue weighted by Gasteiger charge is 2.28. The van der Waals surface area contributed by atoms with E-state index in [0.29, 0.717) is 55.8 Å². The van der Waals surface area contributed by atoms with Gasteiger partial charge in [0.1, 0.15) is 13.2 Å². The van der Waals surface area contributed by atoms with Crippen LogP contribution in [0.3, 0.4) is 0 Å². The fourth-order valence-electron chi connectivity index (χ4n) is 3.96. The SMILES string of the molecule is CC(C)(C)c1ccc(=O)n(CC2CCN(C(=O)c3cccc4c3OCCO4)CC2)n1. The molecule has 0 bridgehead atoms. The van der Waals surface area contributed by atoms with E-state index < -0.39 is 0 Å². The number of aromatic nitrogens is 2. The summed E-state index contributed by atoms with van der Waals surface area (Å²) in [5, 5.41) is 4.58. The van der Waals surface area contributed by atoms with Crippen LogP contribution in [-0.4, -0.2) is 46.9 Å². The Kier molecular flexibility index (Phi) is 5.54. The van der Waals surface area contributed by atoms with Gasteiger partial charge in [-0.15, -0.1) is 0 Å². The molecule has 1 aromatic heterocycles. The van der Waals surface area contributed by atoms with Crippen molar-refractivity contribution in [3.63, 3.8) is 0 Å². The zero-order chi connectivity index (χ0) is 21.3. The van der Waals surface area contributed by atoms with E-state index in [-0.39, 0.29) is 16.9 Å². The van der Waals surface area contributed by atoms with Crippen molar-refractivity contribution in [3.05, 3.63) is 51.9 Å². The van der Waals surface area contributed by atoms with Crippen molar-refractivity contribution in [3.8, 4) is 11.5 Å². The van der Waals surface area contributed by atoms with Gasteiger partial charge in [-0.05, 0) is 37.0 Å². The number of hydrogen-bond acceptors (Lipinski definition) is 5. The molecule has 160 valence electrons. The molecule has 0 radical (unpaired) electrons. The predicted octanol–water partition coefficient (Wildman–Crippen LogP) is 2.86. The minimum absolute atomic E-state index is 0.0270. The summed E-state index contributed by atoms with van der Waals surface area (Å²) in [5.74, 6) is 1.47. The molecule has 0 saturated carbocycles. The van der Waals surface area contributed by atoms with E-state index >= 15 is 0 Å². The maximum Gasteiger partial charge on any atom is 0.266 e. The van der Waals surface area contributed by atoms with Crippen LogP contribution in [0.1, 0.15) is 49.7 Å². The molecular weight excluding hydrogens is 382 g/mol. The van der Waals surface area contributed by atoms with Crippen molar-refractivity contribution in [2.75, 3.05) is 26.3 Å². The predicted molar refractivity (Wildman–Crippen MR) is 113 cm³/mol. The molecule has 2 aliphatic rings. The third-order valence-corrected chi connectivity index (χ3v) is 5.76. The minimum atomic E-state index is -0.105. The fourth-order valence-corrected chi connectivity index (χ4v) is 3.96. The van der Waals surface area contributed by atoms with Crippen LogP contribution in [0.4, 0.5) is 0 Å². The fraction of sp³-hybridized carbons (Fsp3) is 0.522. The molecule has 30 heavy (non-hydrogen) atoms. The molecule has 0 unspecified atom stereocenters. The van der Waals surface area contributed by atoms with Crippen molar-refractivity contribution in [1.29, 1.82) is 0 Å². The first-order chi connectivity index (χ1) is 14.3. The molecule has 2 aromatic rings. The molecular formula is C23H29N3O4. The number of amides is 1. The third kappa shape index (κ3) is 4.20. The first-order valence-corrected chi connectivity index (χ1v) is 10.6. The molecule has 1 fully saturated rings. The summed E-state index contributed by atoms with van der Waals surface area (Å²) in [5.41, 5.74) is 1.29. The minimum Gasteiger partial charge on any atom is -0.486 e. The van der Waals surface area contributed by atoms with Crippen LogP contribution in [-0.2, 0) is 12.0 Å². The van der Waals surface area contributed by atoms with Crippen molar-refractivity contribution < 1.29 is 14.3 Å². The van der Waals surface area contributed by atoms with Gasteiger partial charge in [-0.25, -0.2) is 4.68 Å². The molecule has 2 aliphatic heterocycles. The Labute approximate surface area is 176 Å². The van der Waals surface area contributed by atoms with E-state index in [1.807, 2.05) is 23.1 Å². The van der Waals surface area contributed by atoms with Gasteiger partial charge in [0.25, 0.3) is 11.5 Å². The van der Waals surface area contributed by atoms with E-state index in [0.717, 1.165) is 18.5 Å². The number of rotatable bonds is 3. The van der Waals surface area contributed by atoms with E-state index in [2.05, 4.69) is 25.9 Å². The van der Waals surface area contributed by atoms with Crippen LogP contribution in [0, 0.1) is 5.92 Å². The van der Waals surface area contributed by atoms with Crippen molar-refractivity contribution >= 4 is 5.91 Å². The van der Waals surface area contributed by atoms with Gasteiger partial charge in [0.2, 0.25) is 0 Å². The Balaban J connectivity index is 1.41. The largest absolute Gasteiger partial charge is 0.486 e. The quantitative estimate of drug-likeness (QED) is 0.777. The lowest BCUT2D eigenvalue weighted by molar-refractivity contribution is 0.0670. The summed E-state index contributed by atoms with van der Waals surface area (Å²) in [7, 11) is 0. The molecule has 0 atom stereocenters. The van der Waals surface area contributed by atoms with Crippen LogP contribution in [0.25, 0.3) is 0 Å². The van der Waals surface area contributed by atoms with Crippen LogP contribution >= 0.6 is 0 Å². The van der Waals surface area contributed by atoms with Crippen LogP contribution < -0.4 is 15.0 Å². The lowest BCUT2D eigenvalue weighted by Crippen LogP contribution is -2.40. The summed E-state index contributed by atoms with van der Waals surface area (Å²) in [6, 6.07) is 8.87. The third-order valence-electron chi connectivity index (χ3n) is 5.76. The molecule has 1 aromatic carbocycles. The number of carbonyl (C=O) groups is 1. The highest BCUT2D eigenvalue weighted by Crippen LogP contribution is 2.35. The van der Waals surface area contributed by atoms with E-state index in [4.69, 9.17) is 9.47 Å². The molecule has 0 aliphatic carbocycles. The van der Waals surface area contributed by atoms with Gasteiger partial charge in [0.15, 0.2) is 11.5 Å². The molecule has 0 N–H and O–H groups in total. The molecule has 7 heteroatoms. The lowest BCUT2D eigenvalue weighted by atomic mass is 9.92. The summed E-state index contributed by atoms with van der Waals surface area (Å²) >= 11 is 0. The van der Waals surface area contributed by atoms with Gasteiger partial charge in [-0.3, -0.25) is 9.59 Å². The Morgan fingerprint density at radius 1 is 1.10 bits per heavy atom. The Morgan fingerprint density at radius 3 is 2.57 bits per heavy atom. The smallest absolute Gasteiger partial charge is 0.266 e. The average Bonchev–Trinajstić information content (AvgIpc) is 2.74. The zero-order valence-electron chi connectivity index (χ0n) is 17.9. The second kappa shape index (κ2) is 8.13.